The van der Waals surface area contributed by atoms with E-state index >= 15 is 0 Å². The molecule has 0 aliphatic carbocycles. The van der Waals surface area contributed by atoms with E-state index in [1.807, 2.05) is 18.4 Å². The summed E-state index contributed by atoms with van der Waals surface area (Å²) < 4.78 is 16.1. The standard InChI is InChI=1S/C25H31FN6O/c1-15-16(2)27-24-21-13-31(14-22(21)28-32(24)17(15)3)25(33)20-7-6-18(26)12-23(20)30-10-8-19(9-11-30)29(4)5/h6-7,12,19H,8-11,13-14H2,1-5H3. The Bertz CT molecular complexity index is 1240. The Morgan fingerprint density at radius 3 is 2.55 bits per heavy atom. The van der Waals surface area contributed by atoms with Crippen molar-refractivity contribution >= 4 is 17.2 Å². The van der Waals surface area contributed by atoms with Crippen molar-refractivity contribution in [2.75, 3.05) is 32.1 Å². The molecule has 7 nitrogen and oxygen atoms in total. The number of benzene rings is 1. The number of amides is 1. The first kappa shape index (κ1) is 21.8. The first-order valence-electron chi connectivity index (χ1n) is 11.6. The Morgan fingerprint density at radius 2 is 1.85 bits per heavy atom. The monoisotopic (exact) mass is 450 g/mol. The van der Waals surface area contributed by atoms with Crippen LogP contribution in [0.1, 0.15) is 51.4 Å². The minimum Gasteiger partial charge on any atom is -0.371 e. The zero-order valence-electron chi connectivity index (χ0n) is 20.0. The predicted molar refractivity (Wildman–Crippen MR) is 126 cm³/mol. The summed E-state index contributed by atoms with van der Waals surface area (Å²) in [4.78, 5) is 24.5. The minimum atomic E-state index is -0.316. The lowest BCUT2D eigenvalue weighted by atomic mass is 10.0. The molecule has 174 valence electrons. The van der Waals surface area contributed by atoms with Gasteiger partial charge in [-0.3, -0.25) is 4.79 Å². The fraction of sp³-hybridized carbons (Fsp3) is 0.480. The Morgan fingerprint density at radius 1 is 1.12 bits per heavy atom. The van der Waals surface area contributed by atoms with Crippen LogP contribution in [0.15, 0.2) is 18.2 Å². The number of nitrogens with zero attached hydrogens (tertiary/aromatic N) is 6. The van der Waals surface area contributed by atoms with Crippen molar-refractivity contribution in [2.24, 2.45) is 0 Å². The van der Waals surface area contributed by atoms with Crippen LogP contribution in [0.2, 0.25) is 0 Å². The van der Waals surface area contributed by atoms with Gasteiger partial charge in [-0.05, 0) is 71.5 Å². The molecule has 1 saturated heterocycles. The van der Waals surface area contributed by atoms with Crippen LogP contribution in [0.4, 0.5) is 10.1 Å². The maximum Gasteiger partial charge on any atom is 0.256 e. The molecule has 4 heterocycles. The quantitative estimate of drug-likeness (QED) is 0.612. The van der Waals surface area contributed by atoms with Crippen molar-refractivity contribution in [3.63, 3.8) is 0 Å². The summed E-state index contributed by atoms with van der Waals surface area (Å²) in [6.45, 7) is 8.62. The molecule has 0 atom stereocenters. The molecule has 2 aromatic heterocycles. The van der Waals surface area contributed by atoms with Crippen molar-refractivity contribution in [1.82, 2.24) is 24.4 Å². The van der Waals surface area contributed by atoms with Gasteiger partial charge in [0, 0.05) is 36.1 Å². The van der Waals surface area contributed by atoms with Crippen molar-refractivity contribution in [1.29, 1.82) is 0 Å². The van der Waals surface area contributed by atoms with E-state index in [-0.39, 0.29) is 11.7 Å². The number of rotatable bonds is 3. The molecule has 1 fully saturated rings. The smallest absolute Gasteiger partial charge is 0.256 e. The summed E-state index contributed by atoms with van der Waals surface area (Å²) in [6, 6.07) is 5.03. The molecule has 1 amide bonds. The third-order valence-corrected chi connectivity index (χ3v) is 7.42. The maximum absolute atomic E-state index is 14.2. The highest BCUT2D eigenvalue weighted by Gasteiger charge is 2.32. The molecule has 0 N–H and O–H groups in total. The number of halogens is 1. The molecule has 3 aromatic rings. The van der Waals surface area contributed by atoms with Gasteiger partial charge in [0.15, 0.2) is 5.65 Å². The highest BCUT2D eigenvalue weighted by Crippen LogP contribution is 2.32. The second kappa shape index (κ2) is 8.09. The maximum atomic E-state index is 14.2. The van der Waals surface area contributed by atoms with E-state index in [4.69, 9.17) is 10.1 Å². The minimum absolute atomic E-state index is 0.0866. The highest BCUT2D eigenvalue weighted by atomic mass is 19.1. The lowest BCUT2D eigenvalue weighted by Crippen LogP contribution is -2.42. The Kier molecular flexibility index (Phi) is 5.35. The Labute approximate surface area is 193 Å². The van der Waals surface area contributed by atoms with Gasteiger partial charge in [0.05, 0.1) is 30.0 Å². The number of aromatic nitrogens is 3. The molecule has 5 rings (SSSR count). The molecule has 0 bridgehead atoms. The number of piperidine rings is 1. The molecule has 0 unspecified atom stereocenters. The van der Waals surface area contributed by atoms with Gasteiger partial charge in [-0.2, -0.15) is 5.10 Å². The zero-order chi connectivity index (χ0) is 23.4. The third kappa shape index (κ3) is 3.66. The summed E-state index contributed by atoms with van der Waals surface area (Å²) >= 11 is 0. The normalized spacial score (nSPS) is 16.8. The van der Waals surface area contributed by atoms with Gasteiger partial charge in [0.1, 0.15) is 5.82 Å². The summed E-state index contributed by atoms with van der Waals surface area (Å²) in [5.74, 6) is -0.402. The molecule has 0 spiro atoms. The number of anilines is 1. The topological polar surface area (TPSA) is 57.0 Å². The van der Waals surface area contributed by atoms with Crippen LogP contribution in [-0.2, 0) is 13.1 Å². The van der Waals surface area contributed by atoms with Crippen LogP contribution < -0.4 is 4.90 Å². The molecule has 2 aliphatic rings. The first-order valence-corrected chi connectivity index (χ1v) is 11.6. The molecule has 0 saturated carbocycles. The summed E-state index contributed by atoms with van der Waals surface area (Å²) in [6.07, 6.45) is 1.99. The first-order chi connectivity index (χ1) is 15.7. The van der Waals surface area contributed by atoms with Gasteiger partial charge >= 0.3 is 0 Å². The van der Waals surface area contributed by atoms with Crippen LogP contribution >= 0.6 is 0 Å². The SMILES string of the molecule is Cc1nc2c3c(nn2c(C)c1C)CN(C(=O)c1ccc(F)cc1N1CCC(N(C)C)CC1)C3. The average molecular weight is 451 g/mol. The average Bonchev–Trinajstić information content (AvgIpc) is 3.36. The van der Waals surface area contributed by atoms with Crippen molar-refractivity contribution < 1.29 is 9.18 Å². The number of carbonyl (C=O) groups is 1. The van der Waals surface area contributed by atoms with E-state index in [0.29, 0.717) is 30.4 Å². The van der Waals surface area contributed by atoms with Crippen LogP contribution in [0.25, 0.3) is 5.65 Å². The van der Waals surface area contributed by atoms with Crippen LogP contribution in [0, 0.1) is 26.6 Å². The van der Waals surface area contributed by atoms with Gasteiger partial charge in [-0.1, -0.05) is 0 Å². The fourth-order valence-electron chi connectivity index (χ4n) is 5.10. The summed E-state index contributed by atoms with van der Waals surface area (Å²) in [5.41, 5.74) is 7.15. The van der Waals surface area contributed by atoms with Gasteiger partial charge in [-0.25, -0.2) is 13.9 Å². The zero-order valence-corrected chi connectivity index (χ0v) is 20.0. The lowest BCUT2D eigenvalue weighted by molar-refractivity contribution is 0.0750. The second-order valence-corrected chi connectivity index (χ2v) is 9.57. The van der Waals surface area contributed by atoms with Crippen LogP contribution in [0.3, 0.4) is 0 Å². The van der Waals surface area contributed by atoms with E-state index < -0.39 is 0 Å². The number of carbonyl (C=O) groups excluding carboxylic acids is 1. The molecular formula is C25H31FN6O. The second-order valence-electron chi connectivity index (χ2n) is 9.57. The molecule has 1 aromatic carbocycles. The van der Waals surface area contributed by atoms with E-state index in [9.17, 15) is 9.18 Å². The summed E-state index contributed by atoms with van der Waals surface area (Å²) in [5, 5.41) is 4.76. The Balaban J connectivity index is 1.42. The molecule has 8 heteroatoms. The predicted octanol–water partition coefficient (Wildman–Crippen LogP) is 3.48. The van der Waals surface area contributed by atoms with E-state index in [1.165, 1.54) is 12.1 Å². The van der Waals surface area contributed by atoms with Crippen LogP contribution in [0.5, 0.6) is 0 Å². The van der Waals surface area contributed by atoms with Crippen molar-refractivity contribution in [3.05, 3.63) is 57.8 Å². The van der Waals surface area contributed by atoms with Gasteiger partial charge in [0.25, 0.3) is 5.91 Å². The molecule has 2 aliphatic heterocycles. The van der Waals surface area contributed by atoms with Gasteiger partial charge in [-0.15, -0.1) is 0 Å². The van der Waals surface area contributed by atoms with Gasteiger partial charge < -0.3 is 14.7 Å². The lowest BCUT2D eigenvalue weighted by Gasteiger charge is -2.37. The number of hydrogen-bond donors (Lipinski definition) is 0. The van der Waals surface area contributed by atoms with Crippen LogP contribution in [-0.4, -0.2) is 63.5 Å². The number of aryl methyl sites for hydroxylation is 2. The van der Waals surface area contributed by atoms with E-state index in [2.05, 4.69) is 30.8 Å². The van der Waals surface area contributed by atoms with Gasteiger partial charge in [0.2, 0.25) is 0 Å². The summed E-state index contributed by atoms with van der Waals surface area (Å²) in [7, 11) is 4.19. The highest BCUT2D eigenvalue weighted by molar-refractivity contribution is 6.00. The molecule has 0 radical (unpaired) electrons. The number of hydrogen-bond acceptors (Lipinski definition) is 5. The fourth-order valence-corrected chi connectivity index (χ4v) is 5.10. The van der Waals surface area contributed by atoms with Crippen molar-refractivity contribution in [2.45, 2.75) is 52.7 Å². The van der Waals surface area contributed by atoms with E-state index in [1.54, 1.807) is 11.0 Å². The number of fused-ring (bicyclic) bond motifs is 3. The molecule has 33 heavy (non-hydrogen) atoms. The largest absolute Gasteiger partial charge is 0.371 e. The molecular weight excluding hydrogens is 419 g/mol. The van der Waals surface area contributed by atoms with Crippen molar-refractivity contribution in [3.8, 4) is 0 Å². The van der Waals surface area contributed by atoms with E-state index in [0.717, 1.165) is 59.8 Å². The Hall–Kier alpha value is -3.00. The third-order valence-electron chi connectivity index (χ3n) is 7.42.